The Labute approximate surface area is 108 Å². The third-order valence-corrected chi connectivity index (χ3v) is 3.17. The van der Waals surface area contributed by atoms with Gasteiger partial charge in [-0.15, -0.1) is 0 Å². The molecule has 0 radical (unpaired) electrons. The third kappa shape index (κ3) is 2.48. The maximum Gasteiger partial charge on any atom is 0.164 e. The summed E-state index contributed by atoms with van der Waals surface area (Å²) in [7, 11) is 0. The Bertz CT molecular complexity index is 443. The summed E-state index contributed by atoms with van der Waals surface area (Å²) in [4.78, 5) is 14.1. The Morgan fingerprint density at radius 3 is 2.94 bits per heavy atom. The summed E-state index contributed by atoms with van der Waals surface area (Å²) in [5.74, 6) is 0.953. The summed E-state index contributed by atoms with van der Waals surface area (Å²) < 4.78 is 5.62. The first-order chi connectivity index (χ1) is 8.63. The van der Waals surface area contributed by atoms with E-state index in [1.54, 1.807) is 0 Å². The minimum Gasteiger partial charge on any atom is -0.490 e. The molecule has 0 unspecified atom stereocenters. The molecule has 1 aromatic rings. The fourth-order valence-electron chi connectivity index (χ4n) is 2.22. The summed E-state index contributed by atoms with van der Waals surface area (Å²) in [6, 6.07) is 6.02. The Morgan fingerprint density at radius 2 is 2.28 bits per heavy atom. The van der Waals surface area contributed by atoms with Gasteiger partial charge in [-0.25, -0.2) is 0 Å². The van der Waals surface area contributed by atoms with Crippen LogP contribution < -0.4 is 15.4 Å². The molecule has 18 heavy (non-hydrogen) atoms. The molecule has 1 aromatic carbocycles. The molecule has 4 heteroatoms. The second-order valence-electron chi connectivity index (χ2n) is 4.78. The molecule has 0 fully saturated rings. The van der Waals surface area contributed by atoms with Crippen LogP contribution in [0.15, 0.2) is 18.2 Å². The molecule has 2 N–H and O–H groups in total. The first-order valence-electron chi connectivity index (χ1n) is 6.40. The lowest BCUT2D eigenvalue weighted by Gasteiger charge is -2.34. The third-order valence-electron chi connectivity index (χ3n) is 3.17. The number of carbonyl (C=O) groups excluding carboxylic acids is 1. The van der Waals surface area contributed by atoms with Gasteiger partial charge in [-0.1, -0.05) is 0 Å². The molecule has 1 heterocycles. The van der Waals surface area contributed by atoms with Gasteiger partial charge in [-0.05, 0) is 38.6 Å². The average Bonchev–Trinajstić information content (AvgIpc) is 2.37. The molecule has 0 bridgehead atoms. The lowest BCUT2D eigenvalue weighted by molar-refractivity contribution is 0.0985. The van der Waals surface area contributed by atoms with Crippen molar-refractivity contribution in [2.24, 2.45) is 5.73 Å². The number of hydrogen-bond acceptors (Lipinski definition) is 4. The lowest BCUT2D eigenvalue weighted by Crippen LogP contribution is -2.38. The van der Waals surface area contributed by atoms with Crippen molar-refractivity contribution < 1.29 is 9.53 Å². The number of benzene rings is 1. The van der Waals surface area contributed by atoms with E-state index in [9.17, 15) is 4.79 Å². The van der Waals surface area contributed by atoms with Gasteiger partial charge in [0.2, 0.25) is 0 Å². The maximum absolute atomic E-state index is 11.9. The van der Waals surface area contributed by atoms with Gasteiger partial charge in [0, 0.05) is 18.0 Å². The van der Waals surface area contributed by atoms with Crippen LogP contribution in [0.3, 0.4) is 0 Å². The summed E-state index contributed by atoms with van der Waals surface area (Å²) in [5, 5.41) is 0. The zero-order valence-corrected chi connectivity index (χ0v) is 11.0. The van der Waals surface area contributed by atoms with Crippen molar-refractivity contribution in [3.63, 3.8) is 0 Å². The van der Waals surface area contributed by atoms with Crippen LogP contribution in [0.5, 0.6) is 5.75 Å². The zero-order chi connectivity index (χ0) is 13.1. The van der Waals surface area contributed by atoms with Crippen molar-refractivity contribution in [1.29, 1.82) is 0 Å². The number of nitrogens with zero attached hydrogens (tertiary/aromatic N) is 1. The monoisotopic (exact) mass is 248 g/mol. The van der Waals surface area contributed by atoms with Crippen LogP contribution in [0.2, 0.25) is 0 Å². The quantitative estimate of drug-likeness (QED) is 0.826. The highest BCUT2D eigenvalue weighted by Gasteiger charge is 2.21. The molecular weight excluding hydrogens is 228 g/mol. The van der Waals surface area contributed by atoms with Crippen molar-refractivity contribution in [3.05, 3.63) is 23.8 Å². The smallest absolute Gasteiger partial charge is 0.164 e. The van der Waals surface area contributed by atoms with E-state index in [1.807, 2.05) is 18.2 Å². The normalized spacial score (nSPS) is 14.3. The maximum atomic E-state index is 11.9. The Hall–Kier alpha value is -1.55. The average molecular weight is 248 g/mol. The van der Waals surface area contributed by atoms with Gasteiger partial charge >= 0.3 is 0 Å². The van der Waals surface area contributed by atoms with E-state index < -0.39 is 0 Å². The van der Waals surface area contributed by atoms with E-state index in [0.717, 1.165) is 23.5 Å². The van der Waals surface area contributed by atoms with Gasteiger partial charge in [0.15, 0.2) is 5.78 Å². The van der Waals surface area contributed by atoms with Crippen molar-refractivity contribution in [2.45, 2.75) is 26.3 Å². The number of ketones is 1. The molecule has 0 saturated heterocycles. The Kier molecular flexibility index (Phi) is 3.87. The van der Waals surface area contributed by atoms with Gasteiger partial charge in [0.25, 0.3) is 0 Å². The predicted octanol–water partition coefficient (Wildman–Crippen LogP) is 1.83. The second kappa shape index (κ2) is 5.40. The van der Waals surface area contributed by atoms with Crippen LogP contribution in [-0.4, -0.2) is 31.5 Å². The van der Waals surface area contributed by atoms with Crippen LogP contribution in [-0.2, 0) is 0 Å². The van der Waals surface area contributed by atoms with Crippen molar-refractivity contribution in [2.75, 3.05) is 24.6 Å². The van der Waals surface area contributed by atoms with Gasteiger partial charge in [0.05, 0.1) is 12.2 Å². The summed E-state index contributed by atoms with van der Waals surface area (Å²) in [5.41, 5.74) is 7.16. The molecule has 4 nitrogen and oxygen atoms in total. The first-order valence-corrected chi connectivity index (χ1v) is 6.40. The van der Waals surface area contributed by atoms with E-state index in [1.165, 1.54) is 0 Å². The number of Topliss-reactive ketones (excluding diaryl/α,β-unsaturated/α-hetero) is 1. The van der Waals surface area contributed by atoms with Crippen LogP contribution in [0.25, 0.3) is 0 Å². The molecule has 0 spiro atoms. The number of rotatable bonds is 4. The van der Waals surface area contributed by atoms with Crippen LogP contribution >= 0.6 is 0 Å². The summed E-state index contributed by atoms with van der Waals surface area (Å²) in [6.45, 7) is 6.23. The number of anilines is 1. The van der Waals surface area contributed by atoms with E-state index in [0.29, 0.717) is 25.6 Å². The minimum atomic E-state index is 0.0922. The summed E-state index contributed by atoms with van der Waals surface area (Å²) in [6.07, 6.45) is 0.390. The Morgan fingerprint density at radius 1 is 1.50 bits per heavy atom. The second-order valence-corrected chi connectivity index (χ2v) is 4.78. The molecule has 98 valence electrons. The SMILES string of the molecule is CC(C)N1CCOc2ccc(C(=O)CCN)cc21. The van der Waals surface area contributed by atoms with Crippen molar-refractivity contribution in [3.8, 4) is 5.75 Å². The summed E-state index contributed by atoms with van der Waals surface area (Å²) >= 11 is 0. The molecule has 0 amide bonds. The van der Waals surface area contributed by atoms with Crippen LogP contribution in [0, 0.1) is 0 Å². The highest BCUT2D eigenvalue weighted by Crippen LogP contribution is 2.33. The number of nitrogens with two attached hydrogens (primary N) is 1. The fraction of sp³-hybridized carbons (Fsp3) is 0.500. The van der Waals surface area contributed by atoms with Gasteiger partial charge in [-0.3, -0.25) is 4.79 Å². The van der Waals surface area contributed by atoms with E-state index in [4.69, 9.17) is 10.5 Å². The van der Waals surface area contributed by atoms with Crippen LogP contribution in [0.1, 0.15) is 30.6 Å². The topological polar surface area (TPSA) is 55.6 Å². The predicted molar refractivity (Wildman–Crippen MR) is 72.4 cm³/mol. The van der Waals surface area contributed by atoms with Gasteiger partial charge < -0.3 is 15.4 Å². The molecule has 1 aliphatic heterocycles. The molecule has 1 aliphatic rings. The zero-order valence-electron chi connectivity index (χ0n) is 11.0. The van der Waals surface area contributed by atoms with Gasteiger partial charge in [-0.2, -0.15) is 0 Å². The highest BCUT2D eigenvalue weighted by atomic mass is 16.5. The largest absolute Gasteiger partial charge is 0.490 e. The fourth-order valence-corrected chi connectivity index (χ4v) is 2.22. The van der Waals surface area contributed by atoms with E-state index in [2.05, 4.69) is 18.7 Å². The van der Waals surface area contributed by atoms with Crippen LogP contribution in [0.4, 0.5) is 5.69 Å². The van der Waals surface area contributed by atoms with Crippen molar-refractivity contribution in [1.82, 2.24) is 0 Å². The van der Waals surface area contributed by atoms with E-state index in [-0.39, 0.29) is 5.78 Å². The standard InChI is InChI=1S/C14H20N2O2/c1-10(2)16-7-8-18-14-4-3-11(9-12(14)16)13(17)5-6-15/h3-4,9-10H,5-8,15H2,1-2H3. The molecule has 0 aliphatic carbocycles. The minimum absolute atomic E-state index is 0.0922. The molecule has 0 saturated carbocycles. The lowest BCUT2D eigenvalue weighted by atomic mass is 10.1. The molecule has 0 aromatic heterocycles. The van der Waals surface area contributed by atoms with Gasteiger partial charge in [0.1, 0.15) is 12.4 Å². The molecule has 0 atom stereocenters. The van der Waals surface area contributed by atoms with Crippen molar-refractivity contribution >= 4 is 11.5 Å². The van der Waals surface area contributed by atoms with E-state index >= 15 is 0 Å². The Balaban J connectivity index is 2.33. The number of ether oxygens (including phenoxy) is 1. The number of carbonyl (C=O) groups is 1. The highest BCUT2D eigenvalue weighted by molar-refractivity contribution is 5.97. The number of fused-ring (bicyclic) bond motifs is 1. The first kappa shape index (κ1) is 12.9. The molecule has 2 rings (SSSR count). The number of hydrogen-bond donors (Lipinski definition) is 1. The molecular formula is C14H20N2O2.